The van der Waals surface area contributed by atoms with Crippen LogP contribution >= 0.6 is 0 Å². The highest BCUT2D eigenvalue weighted by Gasteiger charge is 2.32. The maximum absolute atomic E-state index is 12.4. The van der Waals surface area contributed by atoms with Crippen molar-refractivity contribution in [2.75, 3.05) is 33.4 Å². The molecule has 0 saturated heterocycles. The number of aromatic nitrogens is 1. The van der Waals surface area contributed by atoms with E-state index in [2.05, 4.69) is 0 Å². The molecule has 1 amide bonds. The number of nitrogens with zero attached hydrogens (tertiary/aromatic N) is 1. The van der Waals surface area contributed by atoms with Crippen LogP contribution in [0.25, 0.3) is 0 Å². The third-order valence-electron chi connectivity index (χ3n) is 2.67. The second kappa shape index (κ2) is 7.23. The zero-order chi connectivity index (χ0) is 16.0. The molecule has 118 valence electrons. The van der Waals surface area contributed by atoms with Gasteiger partial charge in [-0.15, -0.1) is 0 Å². The number of carbonyl (C=O) groups excluding carboxylic acids is 1. The molecule has 2 N–H and O–H groups in total. The third kappa shape index (κ3) is 4.57. The molecule has 0 aliphatic carbocycles. The summed E-state index contributed by atoms with van der Waals surface area (Å²) in [7, 11) is 1.41. The standard InChI is InChI=1S/C12H15F3N2O4/c1-21-7-5-17(4-6-18)11(20)8-2-3-9(12(13,14)15)16-10(8)19/h2-3,18H,4-7H2,1H3,(H,16,19). The predicted octanol–water partition coefficient (Wildman–Crippen LogP) is 0.475. The number of H-pyrrole nitrogens is 1. The number of alkyl halides is 3. The number of carbonyl (C=O) groups is 1. The number of aliphatic hydroxyl groups excluding tert-OH is 1. The molecule has 0 atom stereocenters. The van der Waals surface area contributed by atoms with E-state index in [1.54, 1.807) is 4.98 Å². The van der Waals surface area contributed by atoms with Crippen molar-refractivity contribution in [3.8, 4) is 0 Å². The number of hydrogen-bond donors (Lipinski definition) is 2. The average Bonchev–Trinajstić information content (AvgIpc) is 2.41. The fraction of sp³-hybridized carbons (Fsp3) is 0.500. The number of rotatable bonds is 6. The second-order valence-corrected chi connectivity index (χ2v) is 4.12. The van der Waals surface area contributed by atoms with Gasteiger partial charge in [0, 0.05) is 20.2 Å². The van der Waals surface area contributed by atoms with Gasteiger partial charge in [-0.3, -0.25) is 9.59 Å². The van der Waals surface area contributed by atoms with Crippen LogP contribution in [0, 0.1) is 0 Å². The molecular formula is C12H15F3N2O4. The number of hydrogen-bond acceptors (Lipinski definition) is 4. The summed E-state index contributed by atoms with van der Waals surface area (Å²) < 4.78 is 42.1. The Morgan fingerprint density at radius 2 is 2.05 bits per heavy atom. The SMILES string of the molecule is COCCN(CCO)C(=O)c1ccc(C(F)(F)F)[nH]c1=O. The zero-order valence-electron chi connectivity index (χ0n) is 11.2. The van der Waals surface area contributed by atoms with Gasteiger partial charge in [0.1, 0.15) is 11.3 Å². The number of ether oxygens (including phenoxy) is 1. The van der Waals surface area contributed by atoms with E-state index in [0.29, 0.717) is 6.07 Å². The van der Waals surface area contributed by atoms with Crippen molar-refractivity contribution in [2.24, 2.45) is 0 Å². The Balaban J connectivity index is 3.03. The first-order chi connectivity index (χ1) is 9.81. The van der Waals surface area contributed by atoms with Gasteiger partial charge in [0.05, 0.1) is 13.2 Å². The zero-order valence-corrected chi connectivity index (χ0v) is 11.2. The highest BCUT2D eigenvalue weighted by molar-refractivity contribution is 5.93. The normalized spacial score (nSPS) is 11.5. The summed E-state index contributed by atoms with van der Waals surface area (Å²) in [6, 6.07) is 1.45. The van der Waals surface area contributed by atoms with Crippen molar-refractivity contribution in [3.63, 3.8) is 0 Å². The van der Waals surface area contributed by atoms with Crippen LogP contribution in [0.15, 0.2) is 16.9 Å². The van der Waals surface area contributed by atoms with Crippen molar-refractivity contribution in [1.82, 2.24) is 9.88 Å². The number of pyridine rings is 1. The molecule has 0 aliphatic heterocycles. The summed E-state index contributed by atoms with van der Waals surface area (Å²) in [6.45, 7) is -0.114. The fourth-order valence-electron chi connectivity index (χ4n) is 1.61. The van der Waals surface area contributed by atoms with Crippen molar-refractivity contribution >= 4 is 5.91 Å². The molecule has 6 nitrogen and oxygen atoms in total. The van der Waals surface area contributed by atoms with Crippen LogP contribution in [-0.4, -0.2) is 54.3 Å². The lowest BCUT2D eigenvalue weighted by Gasteiger charge is -2.21. The smallest absolute Gasteiger partial charge is 0.395 e. The Bertz CT molecular complexity index is 542. The second-order valence-electron chi connectivity index (χ2n) is 4.12. The first-order valence-electron chi connectivity index (χ1n) is 6.01. The van der Waals surface area contributed by atoms with Crippen LogP contribution in [0.2, 0.25) is 0 Å². The lowest BCUT2D eigenvalue weighted by molar-refractivity contribution is -0.141. The van der Waals surface area contributed by atoms with Crippen LogP contribution < -0.4 is 5.56 Å². The number of aromatic amines is 1. The molecule has 0 saturated carbocycles. The van der Waals surface area contributed by atoms with E-state index in [9.17, 15) is 22.8 Å². The minimum atomic E-state index is -4.69. The number of halogens is 3. The minimum absolute atomic E-state index is 0.0529. The molecule has 0 bridgehead atoms. The van der Waals surface area contributed by atoms with Crippen LogP contribution in [0.5, 0.6) is 0 Å². The van der Waals surface area contributed by atoms with Gasteiger partial charge in [-0.25, -0.2) is 0 Å². The summed E-state index contributed by atoms with van der Waals surface area (Å²) in [6.07, 6.45) is -4.69. The Kier molecular flexibility index (Phi) is 5.91. The van der Waals surface area contributed by atoms with E-state index in [4.69, 9.17) is 9.84 Å². The number of methoxy groups -OCH3 is 1. The van der Waals surface area contributed by atoms with Crippen LogP contribution in [-0.2, 0) is 10.9 Å². The molecule has 0 unspecified atom stereocenters. The monoisotopic (exact) mass is 308 g/mol. The highest BCUT2D eigenvalue weighted by Crippen LogP contribution is 2.26. The van der Waals surface area contributed by atoms with E-state index in [-0.39, 0.29) is 26.3 Å². The molecule has 9 heteroatoms. The molecule has 0 aromatic carbocycles. The van der Waals surface area contributed by atoms with Gasteiger partial charge in [0.25, 0.3) is 11.5 Å². The van der Waals surface area contributed by atoms with Crippen molar-refractivity contribution in [2.45, 2.75) is 6.18 Å². The van der Waals surface area contributed by atoms with Crippen LogP contribution in [0.4, 0.5) is 13.2 Å². The first kappa shape index (κ1) is 17.2. The summed E-state index contributed by atoms with van der Waals surface area (Å²) in [5, 5.41) is 8.88. The van der Waals surface area contributed by atoms with Gasteiger partial charge in [0.2, 0.25) is 0 Å². The lowest BCUT2D eigenvalue weighted by Crippen LogP contribution is -2.39. The summed E-state index contributed by atoms with van der Waals surface area (Å²) in [5.74, 6) is -0.768. The van der Waals surface area contributed by atoms with E-state index in [0.717, 1.165) is 11.0 Å². The van der Waals surface area contributed by atoms with Crippen LogP contribution in [0.1, 0.15) is 16.1 Å². The largest absolute Gasteiger partial charge is 0.431 e. The maximum atomic E-state index is 12.4. The van der Waals surface area contributed by atoms with Crippen molar-refractivity contribution in [3.05, 3.63) is 33.7 Å². The lowest BCUT2D eigenvalue weighted by atomic mass is 10.2. The maximum Gasteiger partial charge on any atom is 0.431 e. The third-order valence-corrected chi connectivity index (χ3v) is 2.67. The molecule has 21 heavy (non-hydrogen) atoms. The molecule has 0 aliphatic rings. The van der Waals surface area contributed by atoms with Gasteiger partial charge in [-0.1, -0.05) is 0 Å². The minimum Gasteiger partial charge on any atom is -0.395 e. The number of amides is 1. The molecular weight excluding hydrogens is 293 g/mol. The first-order valence-corrected chi connectivity index (χ1v) is 6.01. The van der Waals surface area contributed by atoms with E-state index < -0.39 is 28.9 Å². The van der Waals surface area contributed by atoms with Gasteiger partial charge in [-0.2, -0.15) is 13.2 Å². The van der Waals surface area contributed by atoms with Gasteiger partial charge >= 0.3 is 6.18 Å². The molecule has 0 fully saturated rings. The fourth-order valence-corrected chi connectivity index (χ4v) is 1.61. The van der Waals surface area contributed by atoms with E-state index in [1.807, 2.05) is 0 Å². The van der Waals surface area contributed by atoms with E-state index >= 15 is 0 Å². The topological polar surface area (TPSA) is 82.6 Å². The summed E-state index contributed by atoms with van der Waals surface area (Å²) in [4.78, 5) is 26.4. The van der Waals surface area contributed by atoms with Gasteiger partial charge in [0.15, 0.2) is 0 Å². The Labute approximate surface area is 118 Å². The predicted molar refractivity (Wildman–Crippen MR) is 66.9 cm³/mol. The number of nitrogens with one attached hydrogen (secondary N) is 1. The van der Waals surface area contributed by atoms with Crippen molar-refractivity contribution < 1.29 is 27.8 Å². The molecule has 0 spiro atoms. The molecule has 1 aromatic heterocycles. The van der Waals surface area contributed by atoms with Gasteiger partial charge < -0.3 is 19.7 Å². The molecule has 1 heterocycles. The van der Waals surface area contributed by atoms with Crippen LogP contribution in [0.3, 0.4) is 0 Å². The summed E-state index contributed by atoms with van der Waals surface area (Å²) in [5.41, 5.74) is -2.78. The number of aliphatic hydroxyl groups is 1. The highest BCUT2D eigenvalue weighted by atomic mass is 19.4. The Morgan fingerprint density at radius 1 is 1.38 bits per heavy atom. The summed E-state index contributed by atoms with van der Waals surface area (Å²) >= 11 is 0. The average molecular weight is 308 g/mol. The van der Waals surface area contributed by atoms with Crippen molar-refractivity contribution in [1.29, 1.82) is 0 Å². The van der Waals surface area contributed by atoms with E-state index in [1.165, 1.54) is 7.11 Å². The Hall–Kier alpha value is -1.87. The molecule has 1 aromatic rings. The Morgan fingerprint density at radius 3 is 2.52 bits per heavy atom. The molecule has 0 radical (unpaired) electrons. The quantitative estimate of drug-likeness (QED) is 0.800. The van der Waals surface area contributed by atoms with Gasteiger partial charge in [-0.05, 0) is 12.1 Å². The molecule has 1 rings (SSSR count).